The number of hydrogen-bond acceptors (Lipinski definition) is 3. The maximum Gasteiger partial charge on any atom is 0.129 e. The highest BCUT2D eigenvalue weighted by Crippen LogP contribution is 2.23. The Balaban J connectivity index is 2.24. The number of nitrogens with zero attached hydrogens (tertiary/aromatic N) is 2. The van der Waals surface area contributed by atoms with E-state index in [-0.39, 0.29) is 12.4 Å². The molecule has 2 N–H and O–H groups in total. The summed E-state index contributed by atoms with van der Waals surface area (Å²) < 4.78 is 13.6. The minimum atomic E-state index is -0.253. The highest BCUT2D eigenvalue weighted by molar-refractivity contribution is 5.53. The predicted molar refractivity (Wildman–Crippen MR) is 70.6 cm³/mol. The molecule has 3 nitrogen and oxygen atoms in total. The monoisotopic (exact) mass is 245 g/mol. The van der Waals surface area contributed by atoms with Crippen molar-refractivity contribution in [3.05, 3.63) is 59.7 Å². The largest absolute Gasteiger partial charge is 0.370 e. The van der Waals surface area contributed by atoms with Gasteiger partial charge in [0.25, 0.3) is 0 Å². The van der Waals surface area contributed by atoms with Gasteiger partial charge in [0, 0.05) is 43.8 Å². The number of pyridine rings is 1. The number of benzene rings is 1. The van der Waals surface area contributed by atoms with Gasteiger partial charge in [-0.05, 0) is 29.8 Å². The summed E-state index contributed by atoms with van der Waals surface area (Å²) in [6, 6.07) is 8.90. The van der Waals surface area contributed by atoms with Gasteiger partial charge in [-0.3, -0.25) is 4.98 Å². The van der Waals surface area contributed by atoms with E-state index in [0.29, 0.717) is 12.1 Å². The number of halogens is 1. The van der Waals surface area contributed by atoms with E-state index in [9.17, 15) is 4.39 Å². The standard InChI is InChI=1S/C14H16FN3/c1-18(10-11-5-7-17-8-6-11)14-4-2-3-13(15)12(14)9-16/h2-8H,9-10,16H2,1H3. The molecule has 2 aromatic rings. The molecule has 0 aliphatic heterocycles. The predicted octanol–water partition coefficient (Wildman–Crippen LogP) is 2.32. The van der Waals surface area contributed by atoms with Crippen molar-refractivity contribution in [2.45, 2.75) is 13.1 Å². The minimum Gasteiger partial charge on any atom is -0.370 e. The zero-order valence-electron chi connectivity index (χ0n) is 10.3. The summed E-state index contributed by atoms with van der Waals surface area (Å²) in [5, 5.41) is 0. The van der Waals surface area contributed by atoms with Crippen LogP contribution >= 0.6 is 0 Å². The normalized spacial score (nSPS) is 10.4. The number of anilines is 1. The van der Waals surface area contributed by atoms with Crippen molar-refractivity contribution in [2.75, 3.05) is 11.9 Å². The van der Waals surface area contributed by atoms with E-state index in [4.69, 9.17) is 5.73 Å². The van der Waals surface area contributed by atoms with E-state index in [1.165, 1.54) is 6.07 Å². The molecular formula is C14H16FN3. The van der Waals surface area contributed by atoms with Crippen molar-refractivity contribution < 1.29 is 4.39 Å². The van der Waals surface area contributed by atoms with Crippen LogP contribution in [0.25, 0.3) is 0 Å². The van der Waals surface area contributed by atoms with Crippen LogP contribution in [0.4, 0.5) is 10.1 Å². The van der Waals surface area contributed by atoms with Gasteiger partial charge in [-0.1, -0.05) is 6.07 Å². The second-order valence-electron chi connectivity index (χ2n) is 4.15. The van der Waals surface area contributed by atoms with Crippen LogP contribution in [-0.4, -0.2) is 12.0 Å². The van der Waals surface area contributed by atoms with Crippen molar-refractivity contribution >= 4 is 5.69 Å². The number of hydrogen-bond donors (Lipinski definition) is 1. The van der Waals surface area contributed by atoms with Gasteiger partial charge < -0.3 is 10.6 Å². The summed E-state index contributed by atoms with van der Waals surface area (Å²) >= 11 is 0. The number of aromatic nitrogens is 1. The third kappa shape index (κ3) is 2.65. The molecule has 1 aromatic heterocycles. The van der Waals surface area contributed by atoms with Crippen LogP contribution in [0.15, 0.2) is 42.7 Å². The molecule has 1 aromatic carbocycles. The van der Waals surface area contributed by atoms with Gasteiger partial charge in [-0.15, -0.1) is 0 Å². The molecule has 0 bridgehead atoms. The Hall–Kier alpha value is -1.94. The van der Waals surface area contributed by atoms with E-state index in [2.05, 4.69) is 4.98 Å². The lowest BCUT2D eigenvalue weighted by Crippen LogP contribution is -2.19. The molecule has 0 fully saturated rings. The summed E-state index contributed by atoms with van der Waals surface area (Å²) in [4.78, 5) is 5.96. The van der Waals surface area contributed by atoms with E-state index >= 15 is 0 Å². The topological polar surface area (TPSA) is 42.2 Å². The molecular weight excluding hydrogens is 229 g/mol. The first-order chi connectivity index (χ1) is 8.72. The first kappa shape index (κ1) is 12.5. The molecule has 2 rings (SSSR count). The summed E-state index contributed by atoms with van der Waals surface area (Å²) in [6.07, 6.45) is 3.50. The summed E-state index contributed by atoms with van der Waals surface area (Å²) in [5.74, 6) is -0.253. The van der Waals surface area contributed by atoms with E-state index in [1.54, 1.807) is 18.5 Å². The fourth-order valence-electron chi connectivity index (χ4n) is 1.95. The maximum absolute atomic E-state index is 13.6. The molecule has 0 saturated carbocycles. The quantitative estimate of drug-likeness (QED) is 0.898. The molecule has 0 aliphatic carbocycles. The third-order valence-electron chi connectivity index (χ3n) is 2.88. The lowest BCUT2D eigenvalue weighted by atomic mass is 10.1. The third-order valence-corrected chi connectivity index (χ3v) is 2.88. The van der Waals surface area contributed by atoms with E-state index in [0.717, 1.165) is 11.3 Å². The first-order valence-electron chi connectivity index (χ1n) is 5.80. The van der Waals surface area contributed by atoms with Crippen molar-refractivity contribution in [1.82, 2.24) is 4.98 Å². The second-order valence-corrected chi connectivity index (χ2v) is 4.15. The van der Waals surface area contributed by atoms with Gasteiger partial charge in [0.2, 0.25) is 0 Å². The van der Waals surface area contributed by atoms with Crippen LogP contribution in [0.3, 0.4) is 0 Å². The van der Waals surface area contributed by atoms with Crippen LogP contribution in [0.2, 0.25) is 0 Å². The highest BCUT2D eigenvalue weighted by atomic mass is 19.1. The van der Waals surface area contributed by atoms with Gasteiger partial charge in [-0.2, -0.15) is 0 Å². The smallest absolute Gasteiger partial charge is 0.129 e. The molecule has 1 heterocycles. The zero-order chi connectivity index (χ0) is 13.0. The Bertz CT molecular complexity index is 514. The average Bonchev–Trinajstić information content (AvgIpc) is 2.39. The molecule has 0 amide bonds. The van der Waals surface area contributed by atoms with E-state index < -0.39 is 0 Å². The summed E-state index contributed by atoms with van der Waals surface area (Å²) in [7, 11) is 1.92. The van der Waals surface area contributed by atoms with Crippen molar-refractivity contribution in [3.63, 3.8) is 0 Å². The van der Waals surface area contributed by atoms with Crippen molar-refractivity contribution in [1.29, 1.82) is 0 Å². The van der Waals surface area contributed by atoms with Gasteiger partial charge in [0.15, 0.2) is 0 Å². The summed E-state index contributed by atoms with van der Waals surface area (Å²) in [6.45, 7) is 0.891. The van der Waals surface area contributed by atoms with Gasteiger partial charge in [0.1, 0.15) is 5.82 Å². The van der Waals surface area contributed by atoms with E-state index in [1.807, 2.05) is 30.1 Å². The average molecular weight is 245 g/mol. The van der Waals surface area contributed by atoms with Crippen LogP contribution in [0, 0.1) is 5.82 Å². The Morgan fingerprint density at radius 2 is 1.94 bits per heavy atom. The van der Waals surface area contributed by atoms with Crippen LogP contribution in [0.1, 0.15) is 11.1 Å². The Kier molecular flexibility index (Phi) is 3.89. The molecule has 0 saturated heterocycles. The lowest BCUT2D eigenvalue weighted by Gasteiger charge is -2.22. The molecule has 0 atom stereocenters. The van der Waals surface area contributed by atoms with Crippen LogP contribution in [0.5, 0.6) is 0 Å². The highest BCUT2D eigenvalue weighted by Gasteiger charge is 2.10. The Morgan fingerprint density at radius 1 is 1.22 bits per heavy atom. The molecule has 94 valence electrons. The molecule has 0 unspecified atom stereocenters. The zero-order valence-corrected chi connectivity index (χ0v) is 10.3. The van der Waals surface area contributed by atoms with Gasteiger partial charge >= 0.3 is 0 Å². The van der Waals surface area contributed by atoms with Crippen molar-refractivity contribution in [2.24, 2.45) is 5.73 Å². The molecule has 0 aliphatic rings. The van der Waals surface area contributed by atoms with Gasteiger partial charge in [0.05, 0.1) is 0 Å². The molecule has 0 radical (unpaired) electrons. The minimum absolute atomic E-state index is 0.197. The number of rotatable bonds is 4. The van der Waals surface area contributed by atoms with Crippen LogP contribution in [-0.2, 0) is 13.1 Å². The van der Waals surface area contributed by atoms with Crippen LogP contribution < -0.4 is 10.6 Å². The molecule has 18 heavy (non-hydrogen) atoms. The molecule has 4 heteroatoms. The molecule has 0 spiro atoms. The number of nitrogens with two attached hydrogens (primary N) is 1. The SMILES string of the molecule is CN(Cc1ccncc1)c1cccc(F)c1CN. The van der Waals surface area contributed by atoms with Gasteiger partial charge in [-0.25, -0.2) is 4.39 Å². The lowest BCUT2D eigenvalue weighted by molar-refractivity contribution is 0.609. The fourth-order valence-corrected chi connectivity index (χ4v) is 1.95. The Morgan fingerprint density at radius 3 is 2.61 bits per heavy atom. The second kappa shape index (κ2) is 5.60. The summed E-state index contributed by atoms with van der Waals surface area (Å²) in [5.41, 5.74) is 8.11. The van der Waals surface area contributed by atoms with Crippen molar-refractivity contribution in [3.8, 4) is 0 Å². The first-order valence-corrected chi connectivity index (χ1v) is 5.80. The maximum atomic E-state index is 13.6. The fraction of sp³-hybridized carbons (Fsp3) is 0.214. The Labute approximate surface area is 106 Å².